The summed E-state index contributed by atoms with van der Waals surface area (Å²) in [6.45, 7) is 3.99. The van der Waals surface area contributed by atoms with Gasteiger partial charge in [0.15, 0.2) is 0 Å². The van der Waals surface area contributed by atoms with E-state index in [2.05, 4.69) is 5.32 Å². The highest BCUT2D eigenvalue weighted by Crippen LogP contribution is 2.11. The molecule has 78 valence electrons. The van der Waals surface area contributed by atoms with Crippen molar-refractivity contribution in [1.29, 1.82) is 5.26 Å². The average Bonchev–Trinajstić information content (AvgIpc) is 2.69. The highest BCUT2D eigenvalue weighted by molar-refractivity contribution is 5.80. The van der Waals surface area contributed by atoms with E-state index in [-0.39, 0.29) is 5.91 Å². The lowest BCUT2D eigenvalue weighted by molar-refractivity contribution is -0.123. The first-order valence-electron chi connectivity index (χ1n) is 5.03. The minimum absolute atomic E-state index is 0.151. The summed E-state index contributed by atoms with van der Waals surface area (Å²) < 4.78 is 5.19. The number of amides is 1. The smallest absolute Gasteiger partial charge is 0.237 e. The summed E-state index contributed by atoms with van der Waals surface area (Å²) in [7, 11) is 0. The summed E-state index contributed by atoms with van der Waals surface area (Å²) in [5.41, 5.74) is 0. The molecule has 0 spiro atoms. The van der Waals surface area contributed by atoms with Crippen molar-refractivity contribution >= 4 is 5.91 Å². The van der Waals surface area contributed by atoms with E-state index in [0.29, 0.717) is 18.9 Å². The lowest BCUT2D eigenvalue weighted by atomic mass is 10.1. The van der Waals surface area contributed by atoms with Crippen LogP contribution in [0.25, 0.3) is 0 Å². The Hall–Kier alpha value is -1.08. The molecule has 1 heterocycles. The molecular formula is C10H16N2O2. The molecule has 1 aliphatic heterocycles. The largest absolute Gasteiger partial charge is 0.381 e. The fraction of sp³-hybridized carbons (Fsp3) is 0.800. The molecule has 4 nitrogen and oxygen atoms in total. The molecule has 0 aromatic heterocycles. The lowest BCUT2D eigenvalue weighted by Gasteiger charge is -2.11. The number of hydrogen-bond donors (Lipinski definition) is 1. The van der Waals surface area contributed by atoms with Crippen molar-refractivity contribution in [3.8, 4) is 6.07 Å². The molecule has 0 saturated carbocycles. The predicted molar refractivity (Wildman–Crippen MR) is 51.3 cm³/mol. The maximum absolute atomic E-state index is 11.4. The maximum Gasteiger partial charge on any atom is 0.237 e. The van der Waals surface area contributed by atoms with E-state index >= 15 is 0 Å². The molecule has 1 rings (SSSR count). The molecule has 0 aliphatic carbocycles. The van der Waals surface area contributed by atoms with Gasteiger partial charge in [-0.05, 0) is 12.8 Å². The van der Waals surface area contributed by atoms with Crippen molar-refractivity contribution < 1.29 is 9.53 Å². The first kappa shape index (κ1) is 11.0. The Labute approximate surface area is 84.2 Å². The summed E-state index contributed by atoms with van der Waals surface area (Å²) in [6.07, 6.45) is 1.58. The van der Waals surface area contributed by atoms with Crippen LogP contribution in [-0.2, 0) is 9.53 Å². The van der Waals surface area contributed by atoms with Gasteiger partial charge in [-0.2, -0.15) is 5.26 Å². The van der Waals surface area contributed by atoms with Crippen LogP contribution in [0.15, 0.2) is 0 Å². The van der Waals surface area contributed by atoms with Gasteiger partial charge in [0.2, 0.25) is 5.91 Å². The highest BCUT2D eigenvalue weighted by atomic mass is 16.5. The third-order valence-electron chi connectivity index (χ3n) is 2.47. The Balaban J connectivity index is 2.23. The average molecular weight is 196 g/mol. The van der Waals surface area contributed by atoms with Crippen LogP contribution in [0.3, 0.4) is 0 Å². The van der Waals surface area contributed by atoms with Crippen LogP contribution in [0.1, 0.15) is 19.8 Å². The van der Waals surface area contributed by atoms with Crippen LogP contribution in [0, 0.1) is 23.2 Å². The zero-order valence-corrected chi connectivity index (χ0v) is 8.45. The van der Waals surface area contributed by atoms with Gasteiger partial charge in [0.25, 0.3) is 0 Å². The van der Waals surface area contributed by atoms with Crippen molar-refractivity contribution in [3.05, 3.63) is 0 Å². The standard InChI is InChI=1S/C10H16N2O2/c1-2-9(5-11)10(13)12-6-8-3-4-14-7-8/h8-9H,2-4,6-7H2,1H3,(H,12,13). The molecule has 0 aromatic carbocycles. The van der Waals surface area contributed by atoms with Crippen LogP contribution >= 0.6 is 0 Å². The number of carbonyl (C=O) groups is 1. The zero-order chi connectivity index (χ0) is 10.4. The van der Waals surface area contributed by atoms with Gasteiger partial charge < -0.3 is 10.1 Å². The second-order valence-electron chi connectivity index (χ2n) is 3.56. The molecule has 2 unspecified atom stereocenters. The number of ether oxygens (including phenoxy) is 1. The van der Waals surface area contributed by atoms with Gasteiger partial charge in [-0.1, -0.05) is 6.92 Å². The van der Waals surface area contributed by atoms with Crippen LogP contribution < -0.4 is 5.32 Å². The van der Waals surface area contributed by atoms with Gasteiger partial charge in [-0.3, -0.25) is 4.79 Å². The van der Waals surface area contributed by atoms with E-state index < -0.39 is 5.92 Å². The fourth-order valence-corrected chi connectivity index (χ4v) is 1.45. The molecule has 1 amide bonds. The zero-order valence-electron chi connectivity index (χ0n) is 8.45. The van der Waals surface area contributed by atoms with Crippen LogP contribution in [0.4, 0.5) is 0 Å². The second kappa shape index (κ2) is 5.61. The molecule has 0 radical (unpaired) electrons. The summed E-state index contributed by atoms with van der Waals surface area (Å²) in [4.78, 5) is 11.4. The molecule has 1 fully saturated rings. The van der Waals surface area contributed by atoms with Gasteiger partial charge in [0.05, 0.1) is 12.7 Å². The summed E-state index contributed by atoms with van der Waals surface area (Å²) in [6, 6.07) is 1.98. The number of carbonyl (C=O) groups excluding carboxylic acids is 1. The minimum atomic E-state index is -0.502. The number of rotatable bonds is 4. The Morgan fingerprint density at radius 1 is 1.79 bits per heavy atom. The van der Waals surface area contributed by atoms with Crippen molar-refractivity contribution in [2.75, 3.05) is 19.8 Å². The Morgan fingerprint density at radius 3 is 3.07 bits per heavy atom. The summed E-state index contributed by atoms with van der Waals surface area (Å²) >= 11 is 0. The quantitative estimate of drug-likeness (QED) is 0.719. The van der Waals surface area contributed by atoms with E-state index in [9.17, 15) is 4.79 Å². The molecule has 2 atom stereocenters. The first-order chi connectivity index (χ1) is 6.77. The molecule has 0 aromatic rings. The van der Waals surface area contributed by atoms with Crippen molar-refractivity contribution in [2.45, 2.75) is 19.8 Å². The van der Waals surface area contributed by atoms with E-state index in [1.807, 2.05) is 13.0 Å². The number of nitrogens with one attached hydrogen (secondary N) is 1. The molecule has 1 aliphatic rings. The number of hydrogen-bond acceptors (Lipinski definition) is 3. The fourth-order valence-electron chi connectivity index (χ4n) is 1.45. The van der Waals surface area contributed by atoms with Crippen LogP contribution in [0.2, 0.25) is 0 Å². The Bertz CT molecular complexity index is 229. The third-order valence-corrected chi connectivity index (χ3v) is 2.47. The van der Waals surface area contributed by atoms with Crippen molar-refractivity contribution in [1.82, 2.24) is 5.32 Å². The topological polar surface area (TPSA) is 62.1 Å². The van der Waals surface area contributed by atoms with Gasteiger partial charge in [0, 0.05) is 19.1 Å². The van der Waals surface area contributed by atoms with E-state index in [1.165, 1.54) is 0 Å². The van der Waals surface area contributed by atoms with Gasteiger partial charge >= 0.3 is 0 Å². The molecular weight excluding hydrogens is 180 g/mol. The Morgan fingerprint density at radius 2 is 2.57 bits per heavy atom. The monoisotopic (exact) mass is 196 g/mol. The molecule has 1 N–H and O–H groups in total. The SMILES string of the molecule is CCC(C#N)C(=O)NCC1CCOC1. The molecule has 1 saturated heterocycles. The van der Waals surface area contributed by atoms with Gasteiger partial charge in [-0.15, -0.1) is 0 Å². The summed E-state index contributed by atoms with van der Waals surface area (Å²) in [5.74, 6) is -0.227. The Kier molecular flexibility index (Phi) is 4.41. The van der Waals surface area contributed by atoms with E-state index in [4.69, 9.17) is 10.00 Å². The number of nitriles is 1. The normalized spacial score (nSPS) is 22.7. The van der Waals surface area contributed by atoms with Gasteiger partial charge in [0.1, 0.15) is 5.92 Å². The molecule has 14 heavy (non-hydrogen) atoms. The van der Waals surface area contributed by atoms with E-state index in [0.717, 1.165) is 19.6 Å². The number of nitrogens with zero attached hydrogens (tertiary/aromatic N) is 1. The minimum Gasteiger partial charge on any atom is -0.381 e. The van der Waals surface area contributed by atoms with Gasteiger partial charge in [-0.25, -0.2) is 0 Å². The lowest BCUT2D eigenvalue weighted by Crippen LogP contribution is -2.33. The maximum atomic E-state index is 11.4. The summed E-state index contributed by atoms with van der Waals surface area (Å²) in [5, 5.41) is 11.4. The van der Waals surface area contributed by atoms with Crippen molar-refractivity contribution in [3.63, 3.8) is 0 Å². The van der Waals surface area contributed by atoms with E-state index in [1.54, 1.807) is 0 Å². The van der Waals surface area contributed by atoms with Crippen LogP contribution in [-0.4, -0.2) is 25.7 Å². The highest BCUT2D eigenvalue weighted by Gasteiger charge is 2.19. The second-order valence-corrected chi connectivity index (χ2v) is 3.56. The predicted octanol–water partition coefficient (Wildman–Crippen LogP) is 0.689. The third kappa shape index (κ3) is 3.00. The first-order valence-corrected chi connectivity index (χ1v) is 5.03. The molecule has 4 heteroatoms. The van der Waals surface area contributed by atoms with Crippen LogP contribution in [0.5, 0.6) is 0 Å². The van der Waals surface area contributed by atoms with Crippen molar-refractivity contribution in [2.24, 2.45) is 11.8 Å². The molecule has 0 bridgehead atoms.